The Kier molecular flexibility index (Phi) is 6.06. The van der Waals surface area contributed by atoms with Crippen molar-refractivity contribution < 1.29 is 13.2 Å². The number of rotatable bonds is 6. The van der Waals surface area contributed by atoms with E-state index >= 15 is 0 Å². The van der Waals surface area contributed by atoms with Gasteiger partial charge < -0.3 is 5.32 Å². The molecule has 1 aromatic rings. The van der Waals surface area contributed by atoms with E-state index in [1.54, 1.807) is 19.1 Å². The molecule has 114 valence electrons. The molecule has 0 saturated heterocycles. The highest BCUT2D eigenvalue weighted by Crippen LogP contribution is 2.34. The van der Waals surface area contributed by atoms with Crippen LogP contribution in [0.5, 0.6) is 0 Å². The Morgan fingerprint density at radius 3 is 2.25 bits per heavy atom. The maximum Gasteiger partial charge on any atom is 0.416 e. The smallest absolute Gasteiger partial charge is 0.308 e. The molecule has 1 aromatic carbocycles. The number of halogens is 3. The molecule has 0 bridgehead atoms. The fourth-order valence-corrected chi connectivity index (χ4v) is 2.49. The van der Waals surface area contributed by atoms with Crippen molar-refractivity contribution in [3.63, 3.8) is 0 Å². The first-order chi connectivity index (χ1) is 9.25. The summed E-state index contributed by atoms with van der Waals surface area (Å²) in [6.07, 6.45) is -2.25. The molecule has 0 heterocycles. The average Bonchev–Trinajstić information content (AvgIpc) is 2.37. The molecule has 1 N–H and O–H groups in total. The van der Waals surface area contributed by atoms with Crippen LogP contribution in [0.2, 0.25) is 0 Å². The summed E-state index contributed by atoms with van der Waals surface area (Å²) in [5.41, 5.74) is -0.230. The Morgan fingerprint density at radius 1 is 1.10 bits per heavy atom. The van der Waals surface area contributed by atoms with Crippen LogP contribution >= 0.6 is 0 Å². The zero-order chi connectivity index (χ0) is 15.3. The quantitative estimate of drug-likeness (QED) is 0.760. The molecule has 0 amide bonds. The van der Waals surface area contributed by atoms with E-state index < -0.39 is 11.7 Å². The predicted molar refractivity (Wildman–Crippen MR) is 76.5 cm³/mol. The molecule has 20 heavy (non-hydrogen) atoms. The van der Waals surface area contributed by atoms with Crippen molar-refractivity contribution in [1.82, 2.24) is 5.32 Å². The van der Waals surface area contributed by atoms with Crippen molar-refractivity contribution >= 4 is 0 Å². The Morgan fingerprint density at radius 2 is 1.70 bits per heavy atom. The third-order valence-electron chi connectivity index (χ3n) is 3.72. The van der Waals surface area contributed by atoms with E-state index in [9.17, 15) is 13.2 Å². The van der Waals surface area contributed by atoms with Crippen LogP contribution in [0.15, 0.2) is 24.3 Å². The van der Waals surface area contributed by atoms with Gasteiger partial charge in [0.1, 0.15) is 0 Å². The van der Waals surface area contributed by atoms with Crippen LogP contribution in [0.1, 0.15) is 57.7 Å². The summed E-state index contributed by atoms with van der Waals surface area (Å²) >= 11 is 0. The van der Waals surface area contributed by atoms with Gasteiger partial charge in [-0.3, -0.25) is 0 Å². The van der Waals surface area contributed by atoms with E-state index in [-0.39, 0.29) is 12.1 Å². The third-order valence-corrected chi connectivity index (χ3v) is 3.72. The number of hydrogen-bond donors (Lipinski definition) is 1. The second-order valence-electron chi connectivity index (χ2n) is 5.62. The standard InChI is InChI=1S/C16H24F3N/c1-5-11(2)10-12(3)20-13(4)14-8-6-7-9-15(14)16(17,18)19/h6-9,11-13,20H,5,10H2,1-4H3. The molecule has 0 aliphatic carbocycles. The maximum atomic E-state index is 13.0. The lowest BCUT2D eigenvalue weighted by atomic mass is 9.97. The fraction of sp³-hybridized carbons (Fsp3) is 0.625. The van der Waals surface area contributed by atoms with E-state index in [4.69, 9.17) is 0 Å². The second kappa shape index (κ2) is 7.11. The van der Waals surface area contributed by atoms with Gasteiger partial charge in [-0.1, -0.05) is 38.5 Å². The van der Waals surface area contributed by atoms with Gasteiger partial charge in [-0.05, 0) is 37.8 Å². The van der Waals surface area contributed by atoms with Crippen molar-refractivity contribution in [2.75, 3.05) is 0 Å². The summed E-state index contributed by atoms with van der Waals surface area (Å²) < 4.78 is 38.9. The molecule has 3 atom stereocenters. The summed E-state index contributed by atoms with van der Waals surface area (Å²) in [7, 11) is 0. The number of hydrogen-bond acceptors (Lipinski definition) is 1. The molecular weight excluding hydrogens is 263 g/mol. The molecule has 1 rings (SSSR count). The van der Waals surface area contributed by atoms with Crippen LogP contribution in [0, 0.1) is 5.92 Å². The zero-order valence-electron chi connectivity index (χ0n) is 12.6. The van der Waals surface area contributed by atoms with Gasteiger partial charge in [0.25, 0.3) is 0 Å². The Balaban J connectivity index is 2.80. The Hall–Kier alpha value is -1.03. The fourth-order valence-electron chi connectivity index (χ4n) is 2.49. The minimum Gasteiger partial charge on any atom is -0.308 e. The van der Waals surface area contributed by atoms with Gasteiger partial charge in [0.05, 0.1) is 5.56 Å². The van der Waals surface area contributed by atoms with Crippen LogP contribution in [0.25, 0.3) is 0 Å². The predicted octanol–water partition coefficient (Wildman–Crippen LogP) is 5.18. The first kappa shape index (κ1) is 17.0. The lowest BCUT2D eigenvalue weighted by Gasteiger charge is -2.24. The zero-order valence-corrected chi connectivity index (χ0v) is 12.6. The highest BCUT2D eigenvalue weighted by Gasteiger charge is 2.34. The lowest BCUT2D eigenvalue weighted by Crippen LogP contribution is -2.31. The molecular formula is C16H24F3N. The van der Waals surface area contributed by atoms with E-state index in [0.29, 0.717) is 11.5 Å². The molecule has 4 heteroatoms. The van der Waals surface area contributed by atoms with Gasteiger partial charge in [0, 0.05) is 12.1 Å². The molecule has 0 spiro atoms. The van der Waals surface area contributed by atoms with Crippen molar-refractivity contribution in [3.8, 4) is 0 Å². The van der Waals surface area contributed by atoms with E-state index in [0.717, 1.165) is 18.9 Å². The molecule has 1 nitrogen and oxygen atoms in total. The highest BCUT2D eigenvalue weighted by atomic mass is 19.4. The molecule has 0 saturated carbocycles. The van der Waals surface area contributed by atoms with Crippen molar-refractivity contribution in [3.05, 3.63) is 35.4 Å². The van der Waals surface area contributed by atoms with Crippen LogP contribution in [-0.4, -0.2) is 6.04 Å². The lowest BCUT2D eigenvalue weighted by molar-refractivity contribution is -0.138. The largest absolute Gasteiger partial charge is 0.416 e. The van der Waals surface area contributed by atoms with Crippen LogP contribution in [0.3, 0.4) is 0 Å². The first-order valence-corrected chi connectivity index (χ1v) is 7.17. The first-order valence-electron chi connectivity index (χ1n) is 7.17. The molecule has 0 radical (unpaired) electrons. The minimum absolute atomic E-state index is 0.196. The SMILES string of the molecule is CCC(C)CC(C)NC(C)c1ccccc1C(F)(F)F. The molecule has 0 aliphatic rings. The van der Waals surface area contributed by atoms with E-state index in [1.165, 1.54) is 6.07 Å². The number of nitrogens with one attached hydrogen (secondary N) is 1. The minimum atomic E-state index is -4.30. The summed E-state index contributed by atoms with van der Waals surface area (Å²) in [6.45, 7) is 8.10. The molecule has 3 unspecified atom stereocenters. The van der Waals surface area contributed by atoms with Gasteiger partial charge >= 0.3 is 6.18 Å². The van der Waals surface area contributed by atoms with Crippen LogP contribution < -0.4 is 5.32 Å². The highest BCUT2D eigenvalue weighted by molar-refractivity contribution is 5.32. The molecule has 0 aliphatic heterocycles. The van der Waals surface area contributed by atoms with E-state index in [2.05, 4.69) is 19.2 Å². The second-order valence-corrected chi connectivity index (χ2v) is 5.62. The van der Waals surface area contributed by atoms with Gasteiger partial charge in [0.15, 0.2) is 0 Å². The Bertz CT molecular complexity index is 414. The van der Waals surface area contributed by atoms with Gasteiger partial charge in [0.2, 0.25) is 0 Å². The van der Waals surface area contributed by atoms with Crippen molar-refractivity contribution in [1.29, 1.82) is 0 Å². The van der Waals surface area contributed by atoms with E-state index in [1.807, 2.05) is 6.92 Å². The van der Waals surface area contributed by atoms with Crippen molar-refractivity contribution in [2.45, 2.75) is 58.8 Å². The summed E-state index contributed by atoms with van der Waals surface area (Å²) in [4.78, 5) is 0. The van der Waals surface area contributed by atoms with Gasteiger partial charge in [-0.2, -0.15) is 13.2 Å². The van der Waals surface area contributed by atoms with Gasteiger partial charge in [-0.25, -0.2) is 0 Å². The van der Waals surface area contributed by atoms with Crippen LogP contribution in [0.4, 0.5) is 13.2 Å². The summed E-state index contributed by atoms with van der Waals surface area (Å²) in [5, 5.41) is 3.27. The topological polar surface area (TPSA) is 12.0 Å². The van der Waals surface area contributed by atoms with Crippen LogP contribution in [-0.2, 0) is 6.18 Å². The number of alkyl halides is 3. The van der Waals surface area contributed by atoms with Crippen molar-refractivity contribution in [2.24, 2.45) is 5.92 Å². The number of benzene rings is 1. The average molecular weight is 287 g/mol. The van der Waals surface area contributed by atoms with Gasteiger partial charge in [-0.15, -0.1) is 0 Å². The summed E-state index contributed by atoms with van der Waals surface area (Å²) in [5.74, 6) is 0.572. The summed E-state index contributed by atoms with van der Waals surface area (Å²) in [6, 6.07) is 5.67. The molecule has 0 aromatic heterocycles. The maximum absolute atomic E-state index is 13.0. The third kappa shape index (κ3) is 4.82. The normalized spacial score (nSPS) is 16.8. The monoisotopic (exact) mass is 287 g/mol. The Labute approximate surface area is 119 Å². The molecule has 0 fully saturated rings.